The third kappa shape index (κ3) is 2.65. The molecule has 1 unspecified atom stereocenters. The molecule has 2 rings (SSSR count). The van der Waals surface area contributed by atoms with Crippen molar-refractivity contribution in [3.63, 3.8) is 0 Å². The Morgan fingerprint density at radius 2 is 2.15 bits per heavy atom. The molecule has 6 heteroatoms. The van der Waals surface area contributed by atoms with Crippen LogP contribution < -0.4 is 4.74 Å². The van der Waals surface area contributed by atoms with Gasteiger partial charge in [0.2, 0.25) is 0 Å². The maximum absolute atomic E-state index is 12.5. The van der Waals surface area contributed by atoms with Gasteiger partial charge in [-0.25, -0.2) is 0 Å². The molecule has 0 bridgehead atoms. The third-order valence-electron chi connectivity index (χ3n) is 3.68. The van der Waals surface area contributed by atoms with Gasteiger partial charge in [-0.3, -0.25) is 9.59 Å². The average Bonchev–Trinajstić information content (AvgIpc) is 2.83. The fraction of sp³-hybridized carbons (Fsp3) is 0.429. The topological polar surface area (TPSA) is 66.8 Å². The van der Waals surface area contributed by atoms with E-state index >= 15 is 0 Å². The molecular weight excluding hydrogens is 326 g/mol. The Labute approximate surface area is 125 Å². The second-order valence-electron chi connectivity index (χ2n) is 5.19. The highest BCUT2D eigenvalue weighted by molar-refractivity contribution is 9.10. The molecule has 1 amide bonds. The van der Waals surface area contributed by atoms with Crippen LogP contribution in [0, 0.1) is 5.41 Å². The van der Waals surface area contributed by atoms with E-state index < -0.39 is 11.4 Å². The minimum absolute atomic E-state index is 0.180. The molecule has 0 spiro atoms. The second kappa shape index (κ2) is 5.44. The number of carboxylic acids is 1. The molecule has 0 saturated carbocycles. The van der Waals surface area contributed by atoms with Crippen LogP contribution in [0.2, 0.25) is 0 Å². The number of likely N-dealkylation sites (tertiary alicyclic amines) is 1. The Morgan fingerprint density at radius 3 is 2.70 bits per heavy atom. The van der Waals surface area contributed by atoms with Gasteiger partial charge < -0.3 is 14.7 Å². The van der Waals surface area contributed by atoms with Crippen molar-refractivity contribution >= 4 is 27.8 Å². The summed E-state index contributed by atoms with van der Waals surface area (Å²) in [6, 6.07) is 5.16. The number of nitrogens with zero attached hydrogens (tertiary/aromatic N) is 1. The zero-order valence-corrected chi connectivity index (χ0v) is 12.9. The zero-order chi connectivity index (χ0) is 14.9. The monoisotopic (exact) mass is 341 g/mol. The maximum atomic E-state index is 12.5. The summed E-state index contributed by atoms with van der Waals surface area (Å²) >= 11 is 3.35. The van der Waals surface area contributed by atoms with Gasteiger partial charge in [-0.05, 0) is 47.5 Å². The van der Waals surface area contributed by atoms with Crippen LogP contribution in [0.1, 0.15) is 23.7 Å². The Hall–Kier alpha value is -1.56. The summed E-state index contributed by atoms with van der Waals surface area (Å²) in [5, 5.41) is 9.21. The number of amides is 1. The second-order valence-corrected chi connectivity index (χ2v) is 6.04. The lowest BCUT2D eigenvalue weighted by atomic mass is 9.90. The molecule has 1 aliphatic heterocycles. The van der Waals surface area contributed by atoms with E-state index in [0.717, 1.165) is 0 Å². The Morgan fingerprint density at radius 1 is 1.45 bits per heavy atom. The number of carboxylic acid groups (broad SMARTS) is 1. The predicted octanol–water partition coefficient (Wildman–Crippen LogP) is 2.39. The van der Waals surface area contributed by atoms with Crippen molar-refractivity contribution in [3.05, 3.63) is 28.2 Å². The molecule has 1 fully saturated rings. The van der Waals surface area contributed by atoms with E-state index in [2.05, 4.69) is 15.9 Å². The molecule has 1 aliphatic rings. The van der Waals surface area contributed by atoms with Crippen molar-refractivity contribution in [2.24, 2.45) is 5.41 Å². The normalized spacial score (nSPS) is 21.9. The van der Waals surface area contributed by atoms with Gasteiger partial charge in [0.15, 0.2) is 0 Å². The number of carbonyl (C=O) groups is 2. The molecular formula is C14H16BrNO4. The van der Waals surface area contributed by atoms with Crippen LogP contribution in [0.3, 0.4) is 0 Å². The third-order valence-corrected chi connectivity index (χ3v) is 4.37. The van der Waals surface area contributed by atoms with E-state index in [1.807, 2.05) is 0 Å². The molecule has 1 heterocycles. The van der Waals surface area contributed by atoms with Crippen molar-refractivity contribution in [2.75, 3.05) is 20.2 Å². The first-order valence-electron chi connectivity index (χ1n) is 6.23. The minimum atomic E-state index is -0.863. The number of methoxy groups -OCH3 is 1. The SMILES string of the molecule is COc1ccc(Br)c(C(=O)N2CCC(C)(C(=O)O)C2)c1. The fourth-order valence-electron chi connectivity index (χ4n) is 2.27. The van der Waals surface area contributed by atoms with Crippen LogP contribution in [0.4, 0.5) is 0 Å². The van der Waals surface area contributed by atoms with Gasteiger partial charge in [0, 0.05) is 17.6 Å². The lowest BCUT2D eigenvalue weighted by Crippen LogP contribution is -2.35. The highest BCUT2D eigenvalue weighted by atomic mass is 79.9. The molecule has 1 saturated heterocycles. The smallest absolute Gasteiger partial charge is 0.311 e. The van der Waals surface area contributed by atoms with Gasteiger partial charge in [-0.1, -0.05) is 0 Å². The number of ether oxygens (including phenoxy) is 1. The van der Waals surface area contributed by atoms with E-state index in [0.29, 0.717) is 28.8 Å². The van der Waals surface area contributed by atoms with Crippen LogP contribution in [0.15, 0.2) is 22.7 Å². The molecule has 1 N–H and O–H groups in total. The summed E-state index contributed by atoms with van der Waals surface area (Å²) in [6.45, 7) is 2.35. The lowest BCUT2D eigenvalue weighted by Gasteiger charge is -2.20. The average molecular weight is 342 g/mol. The quantitative estimate of drug-likeness (QED) is 0.916. The summed E-state index contributed by atoms with van der Waals surface area (Å²) in [5.41, 5.74) is -0.375. The van der Waals surface area contributed by atoms with Gasteiger partial charge in [0.1, 0.15) is 5.75 Å². The van der Waals surface area contributed by atoms with Crippen molar-refractivity contribution in [1.82, 2.24) is 4.90 Å². The van der Waals surface area contributed by atoms with Crippen molar-refractivity contribution in [3.8, 4) is 5.75 Å². The lowest BCUT2D eigenvalue weighted by molar-refractivity contribution is -0.147. The van der Waals surface area contributed by atoms with Crippen LogP contribution in [-0.4, -0.2) is 42.1 Å². The summed E-state index contributed by atoms with van der Waals surface area (Å²) in [7, 11) is 1.54. The van der Waals surface area contributed by atoms with E-state index in [9.17, 15) is 14.7 Å². The van der Waals surface area contributed by atoms with Gasteiger partial charge in [-0.2, -0.15) is 0 Å². The van der Waals surface area contributed by atoms with Crippen molar-refractivity contribution < 1.29 is 19.4 Å². The summed E-state index contributed by atoms with van der Waals surface area (Å²) < 4.78 is 5.79. The first-order valence-corrected chi connectivity index (χ1v) is 7.03. The molecule has 1 aromatic rings. The van der Waals surface area contributed by atoms with Gasteiger partial charge >= 0.3 is 5.97 Å². The molecule has 5 nitrogen and oxygen atoms in total. The zero-order valence-electron chi connectivity index (χ0n) is 11.4. The number of hydrogen-bond acceptors (Lipinski definition) is 3. The van der Waals surface area contributed by atoms with Gasteiger partial charge in [0.25, 0.3) is 5.91 Å². The van der Waals surface area contributed by atoms with Crippen LogP contribution in [-0.2, 0) is 4.79 Å². The summed E-state index contributed by atoms with van der Waals surface area (Å²) in [6.07, 6.45) is 0.468. The molecule has 0 aliphatic carbocycles. The number of hydrogen-bond donors (Lipinski definition) is 1. The highest BCUT2D eigenvalue weighted by Gasteiger charge is 2.42. The summed E-state index contributed by atoms with van der Waals surface area (Å²) in [4.78, 5) is 25.3. The standard InChI is InChI=1S/C14H16BrNO4/c1-14(13(18)19)5-6-16(8-14)12(17)10-7-9(20-2)3-4-11(10)15/h3-4,7H,5-6,8H2,1-2H3,(H,18,19). The highest BCUT2D eigenvalue weighted by Crippen LogP contribution is 2.32. The van der Waals surface area contributed by atoms with Crippen LogP contribution in [0.5, 0.6) is 5.75 Å². The number of benzene rings is 1. The van der Waals surface area contributed by atoms with E-state index in [4.69, 9.17) is 4.74 Å². The Kier molecular flexibility index (Phi) is 4.04. The Bertz CT molecular complexity index is 560. The molecule has 0 radical (unpaired) electrons. The van der Waals surface area contributed by atoms with E-state index in [1.165, 1.54) is 7.11 Å². The number of aliphatic carboxylic acids is 1. The minimum Gasteiger partial charge on any atom is -0.497 e. The number of halogens is 1. The van der Waals surface area contributed by atoms with Crippen molar-refractivity contribution in [2.45, 2.75) is 13.3 Å². The largest absolute Gasteiger partial charge is 0.497 e. The van der Waals surface area contributed by atoms with E-state index in [1.54, 1.807) is 30.0 Å². The first kappa shape index (κ1) is 14.8. The molecule has 108 valence electrons. The van der Waals surface area contributed by atoms with Gasteiger partial charge in [0.05, 0.1) is 18.1 Å². The van der Waals surface area contributed by atoms with Crippen molar-refractivity contribution in [1.29, 1.82) is 0 Å². The van der Waals surface area contributed by atoms with E-state index in [-0.39, 0.29) is 12.5 Å². The number of rotatable bonds is 3. The first-order chi connectivity index (χ1) is 9.37. The fourth-order valence-corrected chi connectivity index (χ4v) is 2.69. The number of carbonyl (C=O) groups excluding carboxylic acids is 1. The Balaban J connectivity index is 2.23. The van der Waals surface area contributed by atoms with Crippen LogP contribution >= 0.6 is 15.9 Å². The molecule has 20 heavy (non-hydrogen) atoms. The van der Waals surface area contributed by atoms with Crippen LogP contribution in [0.25, 0.3) is 0 Å². The molecule has 1 aromatic carbocycles. The molecule has 0 aromatic heterocycles. The van der Waals surface area contributed by atoms with Gasteiger partial charge in [-0.15, -0.1) is 0 Å². The maximum Gasteiger partial charge on any atom is 0.311 e. The predicted molar refractivity (Wildman–Crippen MR) is 77.0 cm³/mol. The summed E-state index contributed by atoms with van der Waals surface area (Å²) in [5.74, 6) is -0.449. The molecule has 1 atom stereocenters.